The van der Waals surface area contributed by atoms with Crippen molar-refractivity contribution in [3.05, 3.63) is 51.7 Å². The van der Waals surface area contributed by atoms with Crippen LogP contribution in [0.25, 0.3) is 11.1 Å². The number of likely N-dealkylation sites (tertiary alicyclic amines) is 1. The molecule has 1 saturated heterocycles. The molecule has 1 atom stereocenters. The molecule has 4 rings (SSSR count). The van der Waals surface area contributed by atoms with Crippen LogP contribution in [0.2, 0.25) is 5.02 Å². The Hall–Kier alpha value is -2.58. The highest BCUT2D eigenvalue weighted by Gasteiger charge is 2.35. The van der Waals surface area contributed by atoms with Crippen LogP contribution in [0.5, 0.6) is 0 Å². The summed E-state index contributed by atoms with van der Waals surface area (Å²) in [7, 11) is 3.82. The molecule has 1 aliphatic heterocycles. The van der Waals surface area contributed by atoms with E-state index in [-0.39, 0.29) is 11.9 Å². The van der Waals surface area contributed by atoms with E-state index >= 15 is 0 Å². The van der Waals surface area contributed by atoms with Crippen LogP contribution in [0.4, 0.5) is 5.95 Å². The maximum Gasteiger partial charge on any atom is 0.268 e. The van der Waals surface area contributed by atoms with Gasteiger partial charge in [0.25, 0.3) is 5.91 Å². The average molecular weight is 443 g/mol. The second-order valence-corrected chi connectivity index (χ2v) is 8.62. The lowest BCUT2D eigenvalue weighted by atomic mass is 9.99. The Labute approximate surface area is 184 Å². The van der Waals surface area contributed by atoms with Gasteiger partial charge in [-0.1, -0.05) is 35.1 Å². The molecule has 1 aromatic carbocycles. The van der Waals surface area contributed by atoms with E-state index in [1.807, 2.05) is 61.3 Å². The van der Waals surface area contributed by atoms with Crippen molar-refractivity contribution < 1.29 is 4.79 Å². The second-order valence-electron chi connectivity index (χ2n) is 7.43. The first kappa shape index (κ1) is 20.7. The minimum Gasteiger partial charge on any atom is -0.347 e. The number of amides is 1. The molecule has 3 heterocycles. The predicted molar refractivity (Wildman–Crippen MR) is 119 cm³/mol. The summed E-state index contributed by atoms with van der Waals surface area (Å²) in [5, 5.41) is 4.79. The first-order valence-corrected chi connectivity index (χ1v) is 11.1. The van der Waals surface area contributed by atoms with Gasteiger partial charge in [-0.05, 0) is 48.5 Å². The predicted octanol–water partition coefficient (Wildman–Crippen LogP) is 4.25. The van der Waals surface area contributed by atoms with Gasteiger partial charge in [-0.2, -0.15) is 0 Å². The van der Waals surface area contributed by atoms with E-state index in [4.69, 9.17) is 16.6 Å². The van der Waals surface area contributed by atoms with Crippen LogP contribution < -0.4 is 4.90 Å². The van der Waals surface area contributed by atoms with Crippen LogP contribution >= 0.6 is 23.1 Å². The van der Waals surface area contributed by atoms with Gasteiger partial charge in [0.15, 0.2) is 0 Å². The zero-order valence-electron chi connectivity index (χ0n) is 17.2. The van der Waals surface area contributed by atoms with E-state index < -0.39 is 0 Å². The van der Waals surface area contributed by atoms with Gasteiger partial charge in [0.05, 0.1) is 17.4 Å². The quantitative estimate of drug-likeness (QED) is 0.587. The molecule has 0 saturated carbocycles. The van der Waals surface area contributed by atoms with Gasteiger partial charge in [0, 0.05) is 37.4 Å². The molecule has 2 aromatic heterocycles. The fourth-order valence-electron chi connectivity index (χ4n) is 3.73. The maximum absolute atomic E-state index is 13.4. The van der Waals surface area contributed by atoms with Crippen molar-refractivity contribution in [1.82, 2.24) is 24.5 Å². The standard InChI is InChI=1S/C21H23ClN6OS/c1-4-16-19(30-26-25-16)20(29)28-11-5-6-17(28)18-15(12-23-21(24-18)27(2)3)13-7-9-14(22)10-8-13/h7-10,12,17H,4-6,11H2,1-3H3. The molecule has 1 unspecified atom stereocenters. The summed E-state index contributed by atoms with van der Waals surface area (Å²) in [5.41, 5.74) is 3.51. The number of aromatic nitrogens is 4. The van der Waals surface area contributed by atoms with E-state index in [0.29, 0.717) is 28.8 Å². The van der Waals surface area contributed by atoms with Crippen molar-refractivity contribution in [2.24, 2.45) is 0 Å². The van der Waals surface area contributed by atoms with Gasteiger partial charge in [0.2, 0.25) is 5.95 Å². The fourth-order valence-corrected chi connectivity index (χ4v) is 4.57. The lowest BCUT2D eigenvalue weighted by Crippen LogP contribution is -2.31. The number of benzene rings is 1. The van der Waals surface area contributed by atoms with E-state index in [1.54, 1.807) is 0 Å². The highest BCUT2D eigenvalue weighted by Crippen LogP contribution is 2.38. The Bertz CT molecular complexity index is 1050. The lowest BCUT2D eigenvalue weighted by Gasteiger charge is -2.26. The van der Waals surface area contributed by atoms with Gasteiger partial charge >= 0.3 is 0 Å². The largest absolute Gasteiger partial charge is 0.347 e. The van der Waals surface area contributed by atoms with Crippen LogP contribution in [0.15, 0.2) is 30.5 Å². The third kappa shape index (κ3) is 3.89. The number of carbonyl (C=O) groups is 1. The van der Waals surface area contributed by atoms with Crippen LogP contribution in [-0.2, 0) is 6.42 Å². The van der Waals surface area contributed by atoms with Crippen molar-refractivity contribution in [3.8, 4) is 11.1 Å². The Balaban J connectivity index is 1.78. The zero-order chi connectivity index (χ0) is 21.3. The van der Waals surface area contributed by atoms with Crippen LogP contribution in [0, 0.1) is 0 Å². The molecule has 0 bridgehead atoms. The van der Waals surface area contributed by atoms with Gasteiger partial charge in [-0.15, -0.1) is 5.10 Å². The molecular formula is C21H23ClN6OS. The third-order valence-corrected chi connectivity index (χ3v) is 6.28. The summed E-state index contributed by atoms with van der Waals surface area (Å²) in [6.07, 6.45) is 4.30. The SMILES string of the molecule is CCc1nnsc1C(=O)N1CCCC1c1nc(N(C)C)ncc1-c1ccc(Cl)cc1. The minimum absolute atomic E-state index is 0.0172. The molecule has 0 N–H and O–H groups in total. The normalized spacial score (nSPS) is 16.1. The van der Waals surface area contributed by atoms with Gasteiger partial charge in [0.1, 0.15) is 4.88 Å². The van der Waals surface area contributed by atoms with Crippen LogP contribution in [-0.4, -0.2) is 51.0 Å². The van der Waals surface area contributed by atoms with Gasteiger partial charge in [-0.25, -0.2) is 9.97 Å². The number of anilines is 1. The van der Waals surface area contributed by atoms with Gasteiger partial charge < -0.3 is 9.80 Å². The molecule has 30 heavy (non-hydrogen) atoms. The molecule has 0 radical (unpaired) electrons. The highest BCUT2D eigenvalue weighted by molar-refractivity contribution is 7.08. The Morgan fingerprint density at radius 2 is 2.07 bits per heavy atom. The molecule has 1 fully saturated rings. The van der Waals surface area contributed by atoms with E-state index in [9.17, 15) is 4.79 Å². The van der Waals surface area contributed by atoms with Crippen molar-refractivity contribution >= 4 is 35.0 Å². The van der Waals surface area contributed by atoms with E-state index in [1.165, 1.54) is 11.5 Å². The van der Waals surface area contributed by atoms with E-state index in [2.05, 4.69) is 14.6 Å². The average Bonchev–Trinajstić information content (AvgIpc) is 3.43. The summed E-state index contributed by atoms with van der Waals surface area (Å²) in [4.78, 5) is 27.2. The number of carbonyl (C=O) groups excluding carboxylic acids is 1. The molecule has 3 aromatic rings. The zero-order valence-corrected chi connectivity index (χ0v) is 18.7. The van der Waals surface area contributed by atoms with Crippen LogP contribution in [0.3, 0.4) is 0 Å². The maximum atomic E-state index is 13.4. The first-order chi connectivity index (χ1) is 14.5. The third-order valence-electron chi connectivity index (χ3n) is 5.27. The summed E-state index contributed by atoms with van der Waals surface area (Å²) in [6, 6.07) is 7.51. The summed E-state index contributed by atoms with van der Waals surface area (Å²) >= 11 is 7.25. The number of rotatable bonds is 5. The topological polar surface area (TPSA) is 75.1 Å². The molecule has 7 nitrogen and oxygen atoms in total. The van der Waals surface area contributed by atoms with E-state index in [0.717, 1.165) is 35.4 Å². The second kappa shape index (κ2) is 8.65. The molecule has 1 aliphatic rings. The summed E-state index contributed by atoms with van der Waals surface area (Å²) in [6.45, 7) is 2.67. The smallest absolute Gasteiger partial charge is 0.268 e. The molecule has 0 aliphatic carbocycles. The Morgan fingerprint density at radius 3 is 2.77 bits per heavy atom. The molecule has 9 heteroatoms. The Kier molecular flexibility index (Phi) is 5.97. The molecule has 0 spiro atoms. The molecule has 156 valence electrons. The summed E-state index contributed by atoms with van der Waals surface area (Å²) in [5.74, 6) is 0.604. The van der Waals surface area contributed by atoms with Gasteiger partial charge in [-0.3, -0.25) is 4.79 Å². The summed E-state index contributed by atoms with van der Waals surface area (Å²) < 4.78 is 3.99. The number of halogens is 1. The van der Waals surface area contributed by atoms with Crippen molar-refractivity contribution in [3.63, 3.8) is 0 Å². The molecular weight excluding hydrogens is 420 g/mol. The number of aryl methyl sites for hydroxylation is 1. The lowest BCUT2D eigenvalue weighted by molar-refractivity contribution is 0.0737. The highest BCUT2D eigenvalue weighted by atomic mass is 35.5. The number of hydrogen-bond acceptors (Lipinski definition) is 7. The van der Waals surface area contributed by atoms with Crippen LogP contribution in [0.1, 0.15) is 46.9 Å². The minimum atomic E-state index is -0.128. The van der Waals surface area contributed by atoms with Crippen molar-refractivity contribution in [2.45, 2.75) is 32.2 Å². The fraction of sp³-hybridized carbons (Fsp3) is 0.381. The Morgan fingerprint density at radius 1 is 1.30 bits per heavy atom. The number of hydrogen-bond donors (Lipinski definition) is 0. The monoisotopic (exact) mass is 442 g/mol. The van der Waals surface area contributed by atoms with Crippen molar-refractivity contribution in [1.29, 1.82) is 0 Å². The first-order valence-electron chi connectivity index (χ1n) is 9.92. The molecule has 1 amide bonds. The number of nitrogens with zero attached hydrogens (tertiary/aromatic N) is 6. The van der Waals surface area contributed by atoms with Crippen molar-refractivity contribution in [2.75, 3.05) is 25.5 Å².